The van der Waals surface area contributed by atoms with E-state index >= 15 is 0 Å². The quantitative estimate of drug-likeness (QED) is 0.812. The molecule has 0 aliphatic carbocycles. The van der Waals surface area contributed by atoms with Gasteiger partial charge in [0, 0.05) is 25.8 Å². The minimum atomic E-state index is 0. The summed E-state index contributed by atoms with van der Waals surface area (Å²) < 4.78 is 7.42. The highest BCUT2D eigenvalue weighted by atomic mass is 35.5. The first-order chi connectivity index (χ1) is 9.81. The Morgan fingerprint density at radius 2 is 1.86 bits per heavy atom. The van der Waals surface area contributed by atoms with E-state index in [1.54, 1.807) is 0 Å². The number of benzene rings is 1. The zero-order valence-corrected chi connectivity index (χ0v) is 13.5. The third-order valence-corrected chi connectivity index (χ3v) is 3.02. The van der Waals surface area contributed by atoms with Crippen molar-refractivity contribution in [3.63, 3.8) is 0 Å². The van der Waals surface area contributed by atoms with Crippen LogP contribution in [0.2, 0.25) is 0 Å². The van der Waals surface area contributed by atoms with Gasteiger partial charge in [-0.1, -0.05) is 19.1 Å². The van der Waals surface area contributed by atoms with Gasteiger partial charge in [-0.2, -0.15) is 5.10 Å². The molecule has 0 bridgehead atoms. The van der Waals surface area contributed by atoms with Crippen molar-refractivity contribution in [2.75, 3.05) is 6.61 Å². The maximum Gasteiger partial charge on any atom is 0.119 e. The van der Waals surface area contributed by atoms with Crippen molar-refractivity contribution in [1.82, 2.24) is 15.1 Å². The summed E-state index contributed by atoms with van der Waals surface area (Å²) in [6.45, 7) is 7.48. The minimum Gasteiger partial charge on any atom is -0.494 e. The van der Waals surface area contributed by atoms with E-state index < -0.39 is 0 Å². The van der Waals surface area contributed by atoms with Crippen LogP contribution in [0.25, 0.3) is 0 Å². The van der Waals surface area contributed by atoms with Crippen LogP contribution in [0.5, 0.6) is 5.75 Å². The summed E-state index contributed by atoms with van der Waals surface area (Å²) in [7, 11) is 0. The van der Waals surface area contributed by atoms with Gasteiger partial charge in [-0.05, 0) is 37.1 Å². The SMILES string of the molecule is CCCn1ccc(CNCc2ccc(OCC)cc2)n1.Cl. The summed E-state index contributed by atoms with van der Waals surface area (Å²) in [5.41, 5.74) is 2.34. The fourth-order valence-electron chi connectivity index (χ4n) is 2.06. The average Bonchev–Trinajstić information content (AvgIpc) is 2.89. The van der Waals surface area contributed by atoms with E-state index in [0.717, 1.165) is 37.5 Å². The molecule has 2 rings (SSSR count). The molecule has 1 heterocycles. The van der Waals surface area contributed by atoms with E-state index in [1.807, 2.05) is 29.9 Å². The minimum absolute atomic E-state index is 0. The third-order valence-electron chi connectivity index (χ3n) is 3.02. The summed E-state index contributed by atoms with van der Waals surface area (Å²) >= 11 is 0. The molecular formula is C16H24ClN3O. The second-order valence-electron chi connectivity index (χ2n) is 4.75. The number of halogens is 1. The number of hydrogen-bond donors (Lipinski definition) is 1. The molecule has 0 fully saturated rings. The van der Waals surface area contributed by atoms with Crippen LogP contribution in [-0.4, -0.2) is 16.4 Å². The summed E-state index contributed by atoms with van der Waals surface area (Å²) in [5, 5.41) is 7.91. The van der Waals surface area contributed by atoms with Crippen LogP contribution in [0, 0.1) is 0 Å². The van der Waals surface area contributed by atoms with E-state index in [9.17, 15) is 0 Å². The van der Waals surface area contributed by atoms with Crippen LogP contribution in [0.4, 0.5) is 0 Å². The fraction of sp³-hybridized carbons (Fsp3) is 0.438. The van der Waals surface area contributed by atoms with Gasteiger partial charge in [0.25, 0.3) is 0 Å². The first-order valence-electron chi connectivity index (χ1n) is 7.26. The van der Waals surface area contributed by atoms with Gasteiger partial charge in [0.1, 0.15) is 5.75 Å². The Labute approximate surface area is 132 Å². The lowest BCUT2D eigenvalue weighted by Crippen LogP contribution is -2.13. The number of aromatic nitrogens is 2. The summed E-state index contributed by atoms with van der Waals surface area (Å²) in [5.74, 6) is 0.926. The second-order valence-corrected chi connectivity index (χ2v) is 4.75. The van der Waals surface area contributed by atoms with E-state index in [4.69, 9.17) is 4.74 Å². The highest BCUT2D eigenvalue weighted by Crippen LogP contribution is 2.11. The van der Waals surface area contributed by atoms with Crippen LogP contribution in [0.15, 0.2) is 36.5 Å². The Balaban J connectivity index is 0.00000220. The van der Waals surface area contributed by atoms with Gasteiger partial charge < -0.3 is 10.1 Å². The zero-order chi connectivity index (χ0) is 14.2. The molecule has 2 aromatic rings. The van der Waals surface area contributed by atoms with Gasteiger partial charge in [0.15, 0.2) is 0 Å². The molecule has 0 radical (unpaired) electrons. The standard InChI is InChI=1S/C16H23N3O.ClH/c1-3-10-19-11-9-15(18-19)13-17-12-14-5-7-16(8-6-14)20-4-2;/h5-9,11,17H,3-4,10,12-13H2,1-2H3;1H. The van der Waals surface area contributed by atoms with Crippen molar-refractivity contribution in [3.05, 3.63) is 47.8 Å². The smallest absolute Gasteiger partial charge is 0.119 e. The molecule has 0 saturated carbocycles. The second kappa shape index (κ2) is 9.42. The first kappa shape index (κ1) is 17.5. The number of nitrogens with zero attached hydrogens (tertiary/aromatic N) is 2. The topological polar surface area (TPSA) is 39.1 Å². The van der Waals surface area contributed by atoms with E-state index in [1.165, 1.54) is 5.56 Å². The van der Waals surface area contributed by atoms with Crippen molar-refractivity contribution >= 4 is 12.4 Å². The van der Waals surface area contributed by atoms with Crippen molar-refractivity contribution in [1.29, 1.82) is 0 Å². The normalized spacial score (nSPS) is 10.2. The summed E-state index contributed by atoms with van der Waals surface area (Å²) in [6, 6.07) is 10.3. The largest absolute Gasteiger partial charge is 0.494 e. The zero-order valence-electron chi connectivity index (χ0n) is 12.7. The first-order valence-corrected chi connectivity index (χ1v) is 7.26. The molecule has 0 spiro atoms. The van der Waals surface area contributed by atoms with Crippen molar-refractivity contribution in [2.45, 2.75) is 39.9 Å². The number of nitrogens with one attached hydrogen (secondary N) is 1. The molecule has 0 atom stereocenters. The predicted octanol–water partition coefficient (Wildman–Crippen LogP) is 3.40. The van der Waals surface area contributed by atoms with Gasteiger partial charge >= 0.3 is 0 Å². The lowest BCUT2D eigenvalue weighted by molar-refractivity contribution is 0.340. The molecule has 0 aliphatic rings. The number of aryl methyl sites for hydroxylation is 1. The monoisotopic (exact) mass is 309 g/mol. The van der Waals surface area contributed by atoms with Crippen LogP contribution >= 0.6 is 12.4 Å². The average molecular weight is 310 g/mol. The maximum atomic E-state index is 5.43. The molecule has 0 saturated heterocycles. The predicted molar refractivity (Wildman–Crippen MR) is 87.9 cm³/mol. The van der Waals surface area contributed by atoms with Crippen LogP contribution in [0.1, 0.15) is 31.5 Å². The van der Waals surface area contributed by atoms with E-state index in [2.05, 4.69) is 35.5 Å². The van der Waals surface area contributed by atoms with Crippen LogP contribution in [0.3, 0.4) is 0 Å². The molecule has 0 amide bonds. The molecule has 1 aromatic heterocycles. The van der Waals surface area contributed by atoms with Crippen molar-refractivity contribution in [2.24, 2.45) is 0 Å². The molecule has 1 N–H and O–H groups in total. The fourth-order valence-corrected chi connectivity index (χ4v) is 2.06. The summed E-state index contributed by atoms with van der Waals surface area (Å²) in [6.07, 6.45) is 3.15. The molecule has 21 heavy (non-hydrogen) atoms. The maximum absolute atomic E-state index is 5.43. The Bertz CT molecular complexity index is 510. The lowest BCUT2D eigenvalue weighted by Gasteiger charge is -2.06. The van der Waals surface area contributed by atoms with Gasteiger partial charge in [-0.25, -0.2) is 0 Å². The number of ether oxygens (including phenoxy) is 1. The van der Waals surface area contributed by atoms with E-state index in [-0.39, 0.29) is 12.4 Å². The molecule has 116 valence electrons. The molecule has 5 heteroatoms. The van der Waals surface area contributed by atoms with E-state index in [0.29, 0.717) is 6.61 Å². The van der Waals surface area contributed by atoms with Crippen LogP contribution in [-0.2, 0) is 19.6 Å². The number of hydrogen-bond acceptors (Lipinski definition) is 3. The molecule has 0 aliphatic heterocycles. The van der Waals surface area contributed by atoms with Gasteiger partial charge in [-0.3, -0.25) is 4.68 Å². The van der Waals surface area contributed by atoms with Gasteiger partial charge in [0.05, 0.1) is 12.3 Å². The highest BCUT2D eigenvalue weighted by molar-refractivity contribution is 5.85. The van der Waals surface area contributed by atoms with Crippen molar-refractivity contribution in [3.8, 4) is 5.75 Å². The van der Waals surface area contributed by atoms with Crippen LogP contribution < -0.4 is 10.1 Å². The Hall–Kier alpha value is -1.52. The molecule has 1 aromatic carbocycles. The van der Waals surface area contributed by atoms with Crippen molar-refractivity contribution < 1.29 is 4.74 Å². The summed E-state index contributed by atoms with van der Waals surface area (Å²) in [4.78, 5) is 0. The van der Waals surface area contributed by atoms with Gasteiger partial charge in [0.2, 0.25) is 0 Å². The Morgan fingerprint density at radius 3 is 2.52 bits per heavy atom. The lowest BCUT2D eigenvalue weighted by atomic mass is 10.2. The third kappa shape index (κ3) is 5.78. The van der Waals surface area contributed by atoms with Gasteiger partial charge in [-0.15, -0.1) is 12.4 Å². The highest BCUT2D eigenvalue weighted by Gasteiger charge is 1.99. The number of rotatable bonds is 8. The Morgan fingerprint density at radius 1 is 1.10 bits per heavy atom. The Kier molecular flexibility index (Phi) is 7.87. The molecule has 4 nitrogen and oxygen atoms in total. The molecule has 0 unspecified atom stereocenters. The molecular weight excluding hydrogens is 286 g/mol.